The van der Waals surface area contributed by atoms with Gasteiger partial charge in [0.15, 0.2) is 0 Å². The maximum Gasteiger partial charge on any atom is 0.255 e. The van der Waals surface area contributed by atoms with Crippen molar-refractivity contribution in [1.82, 2.24) is 19.1 Å². The van der Waals surface area contributed by atoms with Crippen molar-refractivity contribution < 1.29 is 13.2 Å². The summed E-state index contributed by atoms with van der Waals surface area (Å²) in [4.78, 5) is 16.9. The number of anilines is 1. The fraction of sp³-hybridized carbons (Fsp3) is 0.318. The Morgan fingerprint density at radius 2 is 1.81 bits per heavy atom. The van der Waals surface area contributed by atoms with Gasteiger partial charge in [-0.25, -0.2) is 18.1 Å². The van der Waals surface area contributed by atoms with E-state index in [0.29, 0.717) is 30.9 Å². The van der Waals surface area contributed by atoms with Crippen molar-refractivity contribution in [2.24, 2.45) is 0 Å². The van der Waals surface area contributed by atoms with E-state index >= 15 is 0 Å². The Labute approximate surface area is 182 Å². The largest absolute Gasteiger partial charge is 0.322 e. The molecule has 1 amide bonds. The number of nitrogens with zero attached hydrogens (tertiary/aromatic N) is 4. The van der Waals surface area contributed by atoms with Gasteiger partial charge in [-0.15, -0.1) is 0 Å². The summed E-state index contributed by atoms with van der Waals surface area (Å²) in [6.07, 6.45) is 5.92. The molecule has 3 aromatic rings. The quantitative estimate of drug-likeness (QED) is 0.637. The first-order valence-electron chi connectivity index (χ1n) is 10.3. The molecule has 1 aromatic heterocycles. The van der Waals surface area contributed by atoms with Crippen molar-refractivity contribution in [2.45, 2.75) is 37.6 Å². The van der Waals surface area contributed by atoms with E-state index in [2.05, 4.69) is 15.4 Å². The number of hydrogen-bond donors (Lipinski definition) is 1. The molecule has 1 aliphatic rings. The molecule has 9 heteroatoms. The van der Waals surface area contributed by atoms with Crippen LogP contribution in [0, 0.1) is 6.92 Å². The van der Waals surface area contributed by atoms with Crippen LogP contribution in [0.4, 0.5) is 5.69 Å². The van der Waals surface area contributed by atoms with Gasteiger partial charge in [0, 0.05) is 24.3 Å². The van der Waals surface area contributed by atoms with E-state index in [9.17, 15) is 13.2 Å². The number of carbonyl (C=O) groups is 1. The summed E-state index contributed by atoms with van der Waals surface area (Å²) in [6.45, 7) is 3.49. The van der Waals surface area contributed by atoms with E-state index in [1.165, 1.54) is 10.6 Å². The molecule has 1 fully saturated rings. The van der Waals surface area contributed by atoms with E-state index in [0.717, 1.165) is 30.4 Å². The van der Waals surface area contributed by atoms with Crippen LogP contribution in [-0.4, -0.2) is 46.5 Å². The van der Waals surface area contributed by atoms with Crippen molar-refractivity contribution in [3.8, 4) is 0 Å². The first kappa shape index (κ1) is 21.2. The molecule has 2 heterocycles. The maximum absolute atomic E-state index is 13.0. The molecule has 0 aliphatic carbocycles. The van der Waals surface area contributed by atoms with Crippen LogP contribution >= 0.6 is 0 Å². The number of carbonyl (C=O) groups excluding carboxylic acids is 1. The van der Waals surface area contributed by atoms with E-state index in [4.69, 9.17) is 0 Å². The van der Waals surface area contributed by atoms with Crippen LogP contribution in [0.2, 0.25) is 0 Å². The minimum absolute atomic E-state index is 0.207. The lowest BCUT2D eigenvalue weighted by atomic mass is 10.1. The molecular formula is C22H25N5O3S. The van der Waals surface area contributed by atoms with E-state index < -0.39 is 10.0 Å². The summed E-state index contributed by atoms with van der Waals surface area (Å²) in [5, 5.41) is 6.93. The highest BCUT2D eigenvalue weighted by Gasteiger charge is 2.26. The molecule has 2 aromatic carbocycles. The van der Waals surface area contributed by atoms with Gasteiger partial charge in [-0.05, 0) is 55.2 Å². The zero-order chi connectivity index (χ0) is 21.8. The number of benzene rings is 2. The van der Waals surface area contributed by atoms with E-state index in [1.807, 2.05) is 19.1 Å². The van der Waals surface area contributed by atoms with Gasteiger partial charge in [0.1, 0.15) is 12.7 Å². The van der Waals surface area contributed by atoms with Gasteiger partial charge in [0.05, 0.1) is 11.4 Å². The molecule has 1 saturated heterocycles. The van der Waals surface area contributed by atoms with Crippen LogP contribution < -0.4 is 5.32 Å². The topological polar surface area (TPSA) is 97.2 Å². The number of aromatic nitrogens is 3. The monoisotopic (exact) mass is 439 g/mol. The Kier molecular flexibility index (Phi) is 6.15. The number of hydrogen-bond acceptors (Lipinski definition) is 5. The highest BCUT2D eigenvalue weighted by molar-refractivity contribution is 7.89. The SMILES string of the molecule is Cc1ccc(S(=O)(=O)N2CCCCC2)cc1NC(=O)c1ccc(Cn2cncn2)cc1. The van der Waals surface area contributed by atoms with Gasteiger partial charge < -0.3 is 5.32 Å². The molecule has 1 aliphatic heterocycles. The third-order valence-electron chi connectivity index (χ3n) is 5.44. The van der Waals surface area contributed by atoms with Crippen LogP contribution in [0.15, 0.2) is 60.0 Å². The number of amides is 1. The molecular weight excluding hydrogens is 414 g/mol. The number of piperidine rings is 1. The predicted molar refractivity (Wildman–Crippen MR) is 117 cm³/mol. The minimum atomic E-state index is -3.56. The molecule has 4 rings (SSSR count). The standard InChI is InChI=1S/C22H25N5O3S/c1-17-5-10-20(31(29,30)27-11-3-2-4-12-27)13-21(17)25-22(28)19-8-6-18(7-9-19)14-26-16-23-15-24-26/h5-10,13,15-16H,2-4,11-12,14H2,1H3,(H,25,28). The van der Waals surface area contributed by atoms with Crippen molar-refractivity contribution in [2.75, 3.05) is 18.4 Å². The average Bonchev–Trinajstić information content (AvgIpc) is 3.29. The predicted octanol–water partition coefficient (Wildman–Crippen LogP) is 3.06. The van der Waals surface area contributed by atoms with E-state index in [-0.39, 0.29) is 10.8 Å². The Morgan fingerprint density at radius 1 is 1.06 bits per heavy atom. The molecule has 0 spiro atoms. The van der Waals surface area contributed by atoms with Gasteiger partial charge in [-0.3, -0.25) is 4.79 Å². The van der Waals surface area contributed by atoms with Gasteiger partial charge in [0.2, 0.25) is 10.0 Å². The zero-order valence-corrected chi connectivity index (χ0v) is 18.2. The van der Waals surface area contributed by atoms with Crippen LogP contribution in [-0.2, 0) is 16.6 Å². The maximum atomic E-state index is 13.0. The Hall–Kier alpha value is -3.04. The summed E-state index contributed by atoms with van der Waals surface area (Å²) >= 11 is 0. The molecule has 1 N–H and O–H groups in total. The normalized spacial score (nSPS) is 15.0. The van der Waals surface area contributed by atoms with Crippen molar-refractivity contribution >= 4 is 21.6 Å². The highest BCUT2D eigenvalue weighted by atomic mass is 32.2. The number of rotatable bonds is 6. The number of sulfonamides is 1. The summed E-state index contributed by atoms with van der Waals surface area (Å²) < 4.78 is 29.2. The van der Waals surface area contributed by atoms with Gasteiger partial charge in [0.25, 0.3) is 5.91 Å². The average molecular weight is 440 g/mol. The lowest BCUT2D eigenvalue weighted by molar-refractivity contribution is 0.102. The Balaban J connectivity index is 1.49. The summed E-state index contributed by atoms with van der Waals surface area (Å²) in [7, 11) is -3.56. The second-order valence-electron chi connectivity index (χ2n) is 7.69. The van der Waals surface area contributed by atoms with Gasteiger partial charge in [-0.2, -0.15) is 9.40 Å². The Bertz CT molecular complexity index is 1150. The molecule has 162 valence electrons. The van der Waals surface area contributed by atoms with Crippen molar-refractivity contribution in [3.05, 3.63) is 71.8 Å². The first-order valence-corrected chi connectivity index (χ1v) is 11.7. The molecule has 0 unspecified atom stereocenters. The first-order chi connectivity index (χ1) is 14.9. The van der Waals surface area contributed by atoms with Gasteiger partial charge >= 0.3 is 0 Å². The molecule has 0 radical (unpaired) electrons. The number of aryl methyl sites for hydroxylation is 1. The van der Waals surface area contributed by atoms with Crippen LogP contribution in [0.1, 0.15) is 40.7 Å². The van der Waals surface area contributed by atoms with Gasteiger partial charge in [-0.1, -0.05) is 24.6 Å². The van der Waals surface area contributed by atoms with E-state index in [1.54, 1.807) is 41.3 Å². The molecule has 31 heavy (non-hydrogen) atoms. The lowest BCUT2D eigenvalue weighted by Gasteiger charge is -2.26. The van der Waals surface area contributed by atoms with Crippen molar-refractivity contribution in [1.29, 1.82) is 0 Å². The van der Waals surface area contributed by atoms with Crippen LogP contribution in [0.5, 0.6) is 0 Å². The molecule has 8 nitrogen and oxygen atoms in total. The fourth-order valence-corrected chi connectivity index (χ4v) is 5.15. The van der Waals surface area contributed by atoms with Crippen molar-refractivity contribution in [3.63, 3.8) is 0 Å². The molecule has 0 bridgehead atoms. The molecule has 0 saturated carbocycles. The smallest absolute Gasteiger partial charge is 0.255 e. The Morgan fingerprint density at radius 3 is 2.48 bits per heavy atom. The molecule has 0 atom stereocenters. The third-order valence-corrected chi connectivity index (χ3v) is 7.33. The minimum Gasteiger partial charge on any atom is -0.322 e. The highest BCUT2D eigenvalue weighted by Crippen LogP contribution is 2.25. The zero-order valence-electron chi connectivity index (χ0n) is 17.4. The summed E-state index contributed by atoms with van der Waals surface area (Å²) in [6, 6.07) is 12.1. The number of nitrogens with one attached hydrogen (secondary N) is 1. The fourth-order valence-electron chi connectivity index (χ4n) is 3.61. The van der Waals surface area contributed by atoms with Crippen LogP contribution in [0.3, 0.4) is 0 Å². The second kappa shape index (κ2) is 8.99. The third kappa shape index (κ3) is 4.83. The summed E-state index contributed by atoms with van der Waals surface area (Å²) in [5.41, 5.74) is 2.78. The summed E-state index contributed by atoms with van der Waals surface area (Å²) in [5.74, 6) is -0.289. The lowest BCUT2D eigenvalue weighted by Crippen LogP contribution is -2.35. The second-order valence-corrected chi connectivity index (χ2v) is 9.62. The van der Waals surface area contributed by atoms with Crippen LogP contribution in [0.25, 0.3) is 0 Å².